The van der Waals surface area contributed by atoms with Crippen LogP contribution in [0.4, 0.5) is 26.3 Å². The highest BCUT2D eigenvalue weighted by molar-refractivity contribution is 6.28. The van der Waals surface area contributed by atoms with Crippen LogP contribution in [0.3, 0.4) is 0 Å². The van der Waals surface area contributed by atoms with Gasteiger partial charge in [0.15, 0.2) is 5.22 Å². The molecule has 2 N–H and O–H groups in total. The number of nitrogens with zero attached hydrogens (tertiary/aromatic N) is 1. The molecule has 1 atom stereocenters. The molecule has 1 aliphatic rings. The molecule has 4 nitrogen and oxygen atoms in total. The molecule has 0 spiro atoms. The van der Waals surface area contributed by atoms with Gasteiger partial charge in [0, 0.05) is 6.08 Å². The molecule has 2 heterocycles. The van der Waals surface area contributed by atoms with Gasteiger partial charge in [-0.3, -0.25) is 0 Å². The number of halogens is 7. The van der Waals surface area contributed by atoms with Crippen molar-refractivity contribution in [1.29, 1.82) is 0 Å². The molecule has 0 saturated carbocycles. The lowest BCUT2D eigenvalue weighted by Crippen LogP contribution is -2.23. The minimum absolute atomic E-state index is 0.0576. The molecule has 1 aliphatic heterocycles. The SMILES string of the molecule is NC1=CC(c2ccc(Cl)o2)N(Cc2cc(C(F)(F)F)cc(C(F)(F)F)c2)O1. The predicted octanol–water partition coefficient (Wildman–Crippen LogP) is 5.26. The summed E-state index contributed by atoms with van der Waals surface area (Å²) in [5, 5.41) is 1.15. The number of furan rings is 1. The van der Waals surface area contributed by atoms with Crippen molar-refractivity contribution in [3.63, 3.8) is 0 Å². The van der Waals surface area contributed by atoms with Gasteiger partial charge in [-0.05, 0) is 47.5 Å². The molecular formula is C16H11ClF6N2O2. The van der Waals surface area contributed by atoms with Crippen LogP contribution in [0.5, 0.6) is 0 Å². The minimum Gasteiger partial charge on any atom is -0.448 e. The van der Waals surface area contributed by atoms with Crippen molar-refractivity contribution in [2.24, 2.45) is 5.73 Å². The average molecular weight is 413 g/mol. The van der Waals surface area contributed by atoms with Crippen molar-refractivity contribution in [3.8, 4) is 0 Å². The molecule has 1 aromatic heterocycles. The third kappa shape index (κ3) is 4.33. The summed E-state index contributed by atoms with van der Waals surface area (Å²) >= 11 is 5.70. The molecule has 146 valence electrons. The van der Waals surface area contributed by atoms with Gasteiger partial charge in [-0.1, -0.05) is 0 Å². The standard InChI is InChI=1S/C16H11ClF6N2O2/c17-13-2-1-12(26-13)11-6-14(24)27-25(11)7-8-3-9(15(18,19)20)5-10(4-8)16(21,22)23/h1-6,11H,7,24H2. The van der Waals surface area contributed by atoms with Crippen LogP contribution in [0.2, 0.25) is 5.22 Å². The van der Waals surface area contributed by atoms with Crippen molar-refractivity contribution in [1.82, 2.24) is 5.06 Å². The van der Waals surface area contributed by atoms with Crippen LogP contribution >= 0.6 is 11.6 Å². The molecule has 0 radical (unpaired) electrons. The molecule has 1 unspecified atom stereocenters. The topological polar surface area (TPSA) is 51.6 Å². The van der Waals surface area contributed by atoms with E-state index >= 15 is 0 Å². The van der Waals surface area contributed by atoms with E-state index in [2.05, 4.69) is 0 Å². The van der Waals surface area contributed by atoms with E-state index in [0.29, 0.717) is 12.1 Å². The van der Waals surface area contributed by atoms with Gasteiger partial charge in [0.2, 0.25) is 5.88 Å². The van der Waals surface area contributed by atoms with Crippen molar-refractivity contribution in [2.75, 3.05) is 0 Å². The average Bonchev–Trinajstić information content (AvgIpc) is 3.11. The summed E-state index contributed by atoms with van der Waals surface area (Å²) in [6.45, 7) is -0.410. The summed E-state index contributed by atoms with van der Waals surface area (Å²) in [6, 6.07) is 3.47. The van der Waals surface area contributed by atoms with Gasteiger partial charge in [-0.25, -0.2) is 0 Å². The van der Waals surface area contributed by atoms with Gasteiger partial charge < -0.3 is 15.0 Å². The summed E-state index contributed by atoms with van der Waals surface area (Å²) in [4.78, 5) is 5.20. The minimum atomic E-state index is -4.94. The molecule has 1 aromatic carbocycles. The quantitative estimate of drug-likeness (QED) is 0.699. The summed E-state index contributed by atoms with van der Waals surface area (Å²) < 4.78 is 83.1. The number of rotatable bonds is 3. The maximum absolute atomic E-state index is 13.0. The zero-order chi connectivity index (χ0) is 20.0. The van der Waals surface area contributed by atoms with E-state index in [1.165, 1.54) is 18.2 Å². The van der Waals surface area contributed by atoms with E-state index in [1.54, 1.807) is 0 Å². The molecule has 0 aliphatic carbocycles. The Hall–Kier alpha value is -2.33. The van der Waals surface area contributed by atoms with Crippen LogP contribution in [0, 0.1) is 0 Å². The second kappa shape index (κ2) is 6.68. The van der Waals surface area contributed by atoms with Gasteiger partial charge >= 0.3 is 12.4 Å². The fraction of sp³-hybridized carbons (Fsp3) is 0.250. The van der Waals surface area contributed by atoms with E-state index in [4.69, 9.17) is 26.6 Å². The van der Waals surface area contributed by atoms with Crippen LogP contribution in [-0.4, -0.2) is 5.06 Å². The van der Waals surface area contributed by atoms with Crippen LogP contribution < -0.4 is 5.73 Å². The first-order valence-electron chi connectivity index (χ1n) is 7.39. The number of hydrogen-bond acceptors (Lipinski definition) is 4. The highest BCUT2D eigenvalue weighted by Gasteiger charge is 2.38. The number of benzene rings is 1. The van der Waals surface area contributed by atoms with Crippen molar-refractivity contribution >= 4 is 11.6 Å². The van der Waals surface area contributed by atoms with Crippen molar-refractivity contribution in [2.45, 2.75) is 24.9 Å². The smallest absolute Gasteiger partial charge is 0.416 e. The van der Waals surface area contributed by atoms with Gasteiger partial charge in [0.1, 0.15) is 11.8 Å². The third-order valence-corrected chi connectivity index (χ3v) is 3.93. The number of hydrogen-bond donors (Lipinski definition) is 1. The first-order valence-corrected chi connectivity index (χ1v) is 7.77. The monoisotopic (exact) mass is 412 g/mol. The lowest BCUT2D eigenvalue weighted by Gasteiger charge is -2.22. The number of hydroxylamine groups is 2. The lowest BCUT2D eigenvalue weighted by molar-refractivity contribution is -0.144. The Kier molecular flexibility index (Phi) is 4.81. The molecule has 0 fully saturated rings. The summed E-state index contributed by atoms with van der Waals surface area (Å²) in [5.74, 6) is 0.194. The van der Waals surface area contributed by atoms with E-state index in [9.17, 15) is 26.3 Å². The maximum Gasteiger partial charge on any atom is 0.416 e. The highest BCUT2D eigenvalue weighted by atomic mass is 35.5. The molecule has 2 aromatic rings. The van der Waals surface area contributed by atoms with E-state index in [-0.39, 0.29) is 28.5 Å². The molecule has 27 heavy (non-hydrogen) atoms. The first kappa shape index (κ1) is 19.4. The molecule has 11 heteroatoms. The summed E-state index contributed by atoms with van der Waals surface area (Å²) in [5.41, 5.74) is 2.49. The third-order valence-electron chi connectivity index (χ3n) is 3.73. The van der Waals surface area contributed by atoms with E-state index < -0.39 is 36.1 Å². The predicted molar refractivity (Wildman–Crippen MR) is 81.8 cm³/mol. The lowest BCUT2D eigenvalue weighted by atomic mass is 10.0. The molecule has 0 saturated heterocycles. The molecule has 3 rings (SSSR count). The summed E-state index contributed by atoms with van der Waals surface area (Å²) in [6.07, 6.45) is -8.48. The van der Waals surface area contributed by atoms with Gasteiger partial charge in [0.05, 0.1) is 17.7 Å². The molecular weight excluding hydrogens is 402 g/mol. The Labute approximate surface area is 153 Å². The van der Waals surface area contributed by atoms with E-state index in [1.807, 2.05) is 0 Å². The van der Waals surface area contributed by atoms with Crippen LogP contribution in [0.15, 0.2) is 46.7 Å². The second-order valence-corrected chi connectivity index (χ2v) is 6.11. The zero-order valence-electron chi connectivity index (χ0n) is 13.2. The molecule has 0 bridgehead atoms. The van der Waals surface area contributed by atoms with Gasteiger partial charge in [0.25, 0.3) is 0 Å². The normalized spacial score (nSPS) is 18.5. The van der Waals surface area contributed by atoms with Crippen LogP contribution in [-0.2, 0) is 23.7 Å². The Morgan fingerprint density at radius 3 is 2.07 bits per heavy atom. The fourth-order valence-electron chi connectivity index (χ4n) is 2.59. The summed E-state index contributed by atoms with van der Waals surface area (Å²) in [7, 11) is 0. The Morgan fingerprint density at radius 1 is 1.00 bits per heavy atom. The second-order valence-electron chi connectivity index (χ2n) is 5.74. The highest BCUT2D eigenvalue weighted by Crippen LogP contribution is 2.38. The van der Waals surface area contributed by atoms with Crippen LogP contribution in [0.25, 0.3) is 0 Å². The zero-order valence-corrected chi connectivity index (χ0v) is 14.0. The van der Waals surface area contributed by atoms with Gasteiger partial charge in [-0.2, -0.15) is 26.3 Å². The fourth-order valence-corrected chi connectivity index (χ4v) is 2.75. The largest absolute Gasteiger partial charge is 0.448 e. The number of alkyl halides is 6. The molecule has 0 amide bonds. The number of nitrogens with two attached hydrogens (primary N) is 1. The van der Waals surface area contributed by atoms with Crippen molar-refractivity contribution in [3.05, 3.63) is 70.0 Å². The van der Waals surface area contributed by atoms with E-state index in [0.717, 1.165) is 5.06 Å². The Balaban J connectivity index is 1.94. The van der Waals surface area contributed by atoms with Crippen molar-refractivity contribution < 1.29 is 35.6 Å². The van der Waals surface area contributed by atoms with Gasteiger partial charge in [-0.15, -0.1) is 5.06 Å². The Bertz CT molecular complexity index is 842. The first-order chi connectivity index (χ1) is 12.4. The Morgan fingerprint density at radius 2 is 1.59 bits per heavy atom. The maximum atomic E-state index is 13.0. The van der Waals surface area contributed by atoms with Crippen LogP contribution in [0.1, 0.15) is 28.5 Å².